The summed E-state index contributed by atoms with van der Waals surface area (Å²) in [4.78, 5) is 11.0. The van der Waals surface area contributed by atoms with E-state index in [4.69, 9.17) is 5.11 Å². The van der Waals surface area contributed by atoms with E-state index in [1.54, 1.807) is 0 Å². The van der Waals surface area contributed by atoms with Gasteiger partial charge in [-0.05, 0) is 43.9 Å². The molecule has 0 spiro atoms. The molecule has 2 unspecified atom stereocenters. The summed E-state index contributed by atoms with van der Waals surface area (Å²) in [5.74, 6) is -0.850. The van der Waals surface area contributed by atoms with Crippen molar-refractivity contribution < 1.29 is 9.90 Å². The van der Waals surface area contributed by atoms with Gasteiger partial charge in [-0.1, -0.05) is 28.4 Å². The minimum atomic E-state index is -0.661. The van der Waals surface area contributed by atoms with Crippen LogP contribution in [0.25, 0.3) is 0 Å². The Bertz CT molecular complexity index is 447. The standard InChI is InChI=1S/C14H18BrNO2/c1-9-5-6-12(8-13(9)15)16-11-4-2-3-10(7-11)14(17)18/h5-6,8,10-11,16H,2-4,7H2,1H3,(H,17,18). The van der Waals surface area contributed by atoms with Gasteiger partial charge in [-0.3, -0.25) is 4.79 Å². The highest BCUT2D eigenvalue weighted by atomic mass is 79.9. The van der Waals surface area contributed by atoms with Crippen LogP contribution in [0.1, 0.15) is 31.2 Å². The fourth-order valence-electron chi connectivity index (χ4n) is 2.46. The van der Waals surface area contributed by atoms with Crippen molar-refractivity contribution in [2.75, 3.05) is 5.32 Å². The smallest absolute Gasteiger partial charge is 0.306 e. The zero-order chi connectivity index (χ0) is 13.1. The molecule has 0 amide bonds. The molecule has 18 heavy (non-hydrogen) atoms. The van der Waals surface area contributed by atoms with Crippen LogP contribution in [0.2, 0.25) is 0 Å². The maximum absolute atomic E-state index is 11.0. The van der Waals surface area contributed by atoms with Crippen molar-refractivity contribution in [1.29, 1.82) is 0 Å². The topological polar surface area (TPSA) is 49.3 Å². The average Bonchev–Trinajstić information content (AvgIpc) is 2.34. The summed E-state index contributed by atoms with van der Waals surface area (Å²) in [5.41, 5.74) is 2.26. The van der Waals surface area contributed by atoms with E-state index in [0.29, 0.717) is 0 Å². The number of carboxylic acid groups (broad SMARTS) is 1. The van der Waals surface area contributed by atoms with Gasteiger partial charge in [0.15, 0.2) is 0 Å². The number of rotatable bonds is 3. The molecule has 1 aromatic carbocycles. The summed E-state index contributed by atoms with van der Waals surface area (Å²) in [6.45, 7) is 2.05. The van der Waals surface area contributed by atoms with Crippen LogP contribution in [0.5, 0.6) is 0 Å². The summed E-state index contributed by atoms with van der Waals surface area (Å²) in [6, 6.07) is 6.43. The van der Waals surface area contributed by atoms with E-state index < -0.39 is 5.97 Å². The summed E-state index contributed by atoms with van der Waals surface area (Å²) < 4.78 is 1.08. The number of benzene rings is 1. The maximum atomic E-state index is 11.0. The van der Waals surface area contributed by atoms with Gasteiger partial charge < -0.3 is 10.4 Å². The highest BCUT2D eigenvalue weighted by molar-refractivity contribution is 9.10. The van der Waals surface area contributed by atoms with Gasteiger partial charge in [-0.15, -0.1) is 0 Å². The maximum Gasteiger partial charge on any atom is 0.306 e. The molecule has 0 bridgehead atoms. The van der Waals surface area contributed by atoms with E-state index in [1.165, 1.54) is 5.56 Å². The van der Waals surface area contributed by atoms with Crippen molar-refractivity contribution in [3.8, 4) is 0 Å². The van der Waals surface area contributed by atoms with Crippen LogP contribution < -0.4 is 5.32 Å². The minimum Gasteiger partial charge on any atom is -0.481 e. The summed E-state index contributed by atoms with van der Waals surface area (Å²) in [6.07, 6.45) is 3.57. The predicted octanol–water partition coefficient (Wildman–Crippen LogP) is 3.81. The number of anilines is 1. The number of aliphatic carboxylic acids is 1. The number of hydrogen-bond donors (Lipinski definition) is 2. The molecule has 1 aliphatic rings. The zero-order valence-electron chi connectivity index (χ0n) is 10.4. The molecule has 2 atom stereocenters. The molecule has 2 N–H and O–H groups in total. The number of aryl methyl sites for hydroxylation is 1. The van der Waals surface area contributed by atoms with Gasteiger partial charge in [-0.2, -0.15) is 0 Å². The first-order valence-corrected chi connectivity index (χ1v) is 7.11. The first-order chi connectivity index (χ1) is 8.56. The average molecular weight is 312 g/mol. The molecule has 2 rings (SSSR count). The predicted molar refractivity (Wildman–Crippen MR) is 75.9 cm³/mol. The highest BCUT2D eigenvalue weighted by Gasteiger charge is 2.26. The summed E-state index contributed by atoms with van der Waals surface area (Å²) in [7, 11) is 0. The van der Waals surface area contributed by atoms with Crippen LogP contribution in [-0.4, -0.2) is 17.1 Å². The minimum absolute atomic E-state index is 0.190. The van der Waals surface area contributed by atoms with Crippen LogP contribution in [0, 0.1) is 12.8 Å². The molecule has 0 saturated heterocycles. The first kappa shape index (κ1) is 13.4. The fraction of sp³-hybridized carbons (Fsp3) is 0.500. The van der Waals surface area contributed by atoms with Gasteiger partial charge in [0.25, 0.3) is 0 Å². The lowest BCUT2D eigenvalue weighted by Crippen LogP contribution is -2.30. The number of carbonyl (C=O) groups is 1. The Balaban J connectivity index is 2.00. The van der Waals surface area contributed by atoms with Crippen LogP contribution >= 0.6 is 15.9 Å². The normalized spacial score (nSPS) is 23.7. The second-order valence-corrected chi connectivity index (χ2v) is 5.86. The lowest BCUT2D eigenvalue weighted by atomic mass is 9.85. The molecule has 1 aromatic rings. The Hall–Kier alpha value is -1.03. The number of hydrogen-bond acceptors (Lipinski definition) is 2. The molecular weight excluding hydrogens is 294 g/mol. The Kier molecular flexibility index (Phi) is 4.27. The first-order valence-electron chi connectivity index (χ1n) is 6.32. The van der Waals surface area contributed by atoms with Crippen molar-refractivity contribution in [1.82, 2.24) is 0 Å². The summed E-state index contributed by atoms with van der Waals surface area (Å²) >= 11 is 3.51. The lowest BCUT2D eigenvalue weighted by molar-refractivity contribution is -0.142. The van der Waals surface area contributed by atoms with E-state index >= 15 is 0 Å². The van der Waals surface area contributed by atoms with Gasteiger partial charge in [0.2, 0.25) is 0 Å². The molecule has 3 nitrogen and oxygen atoms in total. The third kappa shape index (κ3) is 3.25. The van der Waals surface area contributed by atoms with E-state index in [9.17, 15) is 4.79 Å². The molecule has 1 aliphatic carbocycles. The number of halogens is 1. The van der Waals surface area contributed by atoms with E-state index in [2.05, 4.69) is 40.3 Å². The molecule has 4 heteroatoms. The largest absolute Gasteiger partial charge is 0.481 e. The third-order valence-electron chi connectivity index (χ3n) is 3.57. The SMILES string of the molecule is Cc1ccc(NC2CCCC(C(=O)O)C2)cc1Br. The van der Waals surface area contributed by atoms with Crippen molar-refractivity contribution in [2.45, 2.75) is 38.6 Å². The molecule has 98 valence electrons. The Morgan fingerprint density at radius 2 is 2.22 bits per heavy atom. The molecule has 1 fully saturated rings. The van der Waals surface area contributed by atoms with Crippen molar-refractivity contribution in [3.05, 3.63) is 28.2 Å². The highest BCUT2D eigenvalue weighted by Crippen LogP contribution is 2.28. The van der Waals surface area contributed by atoms with Crippen LogP contribution in [0.15, 0.2) is 22.7 Å². The van der Waals surface area contributed by atoms with Crippen LogP contribution in [-0.2, 0) is 4.79 Å². The fourth-order valence-corrected chi connectivity index (χ4v) is 2.84. The van der Waals surface area contributed by atoms with Crippen molar-refractivity contribution in [2.24, 2.45) is 5.92 Å². The van der Waals surface area contributed by atoms with Gasteiger partial charge >= 0.3 is 5.97 Å². The number of nitrogens with one attached hydrogen (secondary N) is 1. The van der Waals surface area contributed by atoms with Gasteiger partial charge in [0.1, 0.15) is 0 Å². The zero-order valence-corrected chi connectivity index (χ0v) is 12.0. The monoisotopic (exact) mass is 311 g/mol. The third-order valence-corrected chi connectivity index (χ3v) is 4.42. The van der Waals surface area contributed by atoms with E-state index in [0.717, 1.165) is 35.8 Å². The molecule has 0 heterocycles. The van der Waals surface area contributed by atoms with E-state index in [-0.39, 0.29) is 12.0 Å². The van der Waals surface area contributed by atoms with Crippen molar-refractivity contribution in [3.63, 3.8) is 0 Å². The molecule has 1 saturated carbocycles. The lowest BCUT2D eigenvalue weighted by Gasteiger charge is -2.28. The second-order valence-electron chi connectivity index (χ2n) is 5.01. The van der Waals surface area contributed by atoms with Crippen molar-refractivity contribution >= 4 is 27.6 Å². The quantitative estimate of drug-likeness (QED) is 0.892. The Morgan fingerprint density at radius 3 is 2.89 bits per heavy atom. The van der Waals surface area contributed by atoms with Gasteiger partial charge in [0.05, 0.1) is 5.92 Å². The Morgan fingerprint density at radius 1 is 1.44 bits per heavy atom. The van der Waals surface area contributed by atoms with E-state index in [1.807, 2.05) is 6.07 Å². The molecular formula is C14H18BrNO2. The van der Waals surface area contributed by atoms with Crippen LogP contribution in [0.4, 0.5) is 5.69 Å². The second kappa shape index (κ2) is 5.74. The van der Waals surface area contributed by atoms with Gasteiger partial charge in [0, 0.05) is 16.2 Å². The van der Waals surface area contributed by atoms with Gasteiger partial charge in [-0.25, -0.2) is 0 Å². The molecule has 0 aromatic heterocycles. The number of carboxylic acids is 1. The van der Waals surface area contributed by atoms with Crippen LogP contribution in [0.3, 0.4) is 0 Å². The summed E-state index contributed by atoms with van der Waals surface area (Å²) in [5, 5.41) is 12.5. The molecule has 0 radical (unpaired) electrons. The Labute approximate surface area is 116 Å². The molecule has 0 aliphatic heterocycles.